The Kier molecular flexibility index (Phi) is 9.39. The molecule has 0 bridgehead atoms. The van der Waals surface area contributed by atoms with Crippen LogP contribution in [0, 0.1) is 0 Å². The molecule has 0 fully saturated rings. The molecule has 0 atom stereocenters. The van der Waals surface area contributed by atoms with Gasteiger partial charge in [-0.05, 0) is 144 Å². The highest BCUT2D eigenvalue weighted by Gasteiger charge is 2.48. The maximum absolute atomic E-state index is 2.77. The monoisotopic (exact) mass is 920 g/mol. The van der Waals surface area contributed by atoms with Gasteiger partial charge in [-0.3, -0.25) is 0 Å². The fourth-order valence-electron chi connectivity index (χ4n) is 12.6. The highest BCUT2D eigenvalue weighted by Crippen LogP contribution is 2.52. The first-order valence-corrected chi connectivity index (χ1v) is 26.8. The summed E-state index contributed by atoms with van der Waals surface area (Å²) in [7, 11) is -2.77. The summed E-state index contributed by atoms with van der Waals surface area (Å²) >= 11 is 0. The minimum atomic E-state index is -2.77. The number of nitrogens with zero attached hydrogens (tertiary/aromatic N) is 2. The molecular weight excluding hydrogens is 873 g/mol. The van der Waals surface area contributed by atoms with Gasteiger partial charge in [0.25, 0.3) is 0 Å². The zero-order chi connectivity index (χ0) is 47.1. The van der Waals surface area contributed by atoms with Crippen LogP contribution in [-0.4, -0.2) is 12.6 Å². The van der Waals surface area contributed by atoms with E-state index in [0.717, 1.165) is 22.7 Å². The summed E-state index contributed by atoms with van der Waals surface area (Å²) in [6.45, 7) is 2.40. The van der Waals surface area contributed by atoms with Crippen LogP contribution in [0.2, 0.25) is 0 Å². The lowest BCUT2D eigenvalue weighted by molar-refractivity contribution is 0.714. The van der Waals surface area contributed by atoms with Crippen molar-refractivity contribution in [1.82, 2.24) is 4.57 Å². The van der Waals surface area contributed by atoms with Gasteiger partial charge in [0.05, 0.1) is 11.0 Å². The number of benzene rings is 11. The number of hydrogen-bond acceptors (Lipinski definition) is 1. The largest absolute Gasteiger partial charge is 0.310 e. The molecule has 1 aromatic heterocycles. The first kappa shape index (κ1) is 41.2. The predicted molar refractivity (Wildman–Crippen MR) is 301 cm³/mol. The lowest BCUT2D eigenvalue weighted by Gasteiger charge is -2.33. The molecule has 11 aromatic carbocycles. The number of hydrogen-bond donors (Lipinski definition) is 0. The Hall–Kier alpha value is -8.76. The van der Waals surface area contributed by atoms with Crippen molar-refractivity contribution < 1.29 is 0 Å². The average molecular weight is 921 g/mol. The van der Waals surface area contributed by atoms with Gasteiger partial charge in [-0.25, -0.2) is 0 Å². The van der Waals surface area contributed by atoms with Crippen molar-refractivity contribution in [1.29, 1.82) is 0 Å². The SMILES string of the molecule is CC1(c2cccc(-c3ccc(N(c4cccc([Si]5(c6ccccc6)c6ccccc6-c6ccccc65)c4)c4ccc5c(c4)c4ccccc4n5-c4ccccc4)cc3)c2)c2ccccc2-c2ccccc21. The zero-order valence-electron chi connectivity index (χ0n) is 39.4. The molecule has 334 valence electrons. The standard InChI is InChI=1S/C68H48N2Si/c1-68(62-33-13-8-28-56(62)57-29-9-14-34-63(57)68)49-21-18-20-48(44-49)47-38-40-51(41-39-47)69(53-42-43-65-61(46-53)58-30-10-15-35-64(58)70(65)50-22-4-2-5-23-50)52-24-19-27-55(45-52)71(54-25-6-3-7-26-54)66-36-16-11-31-59(66)60-32-12-17-37-67(60)71/h2-46H,1H3. The van der Waals surface area contributed by atoms with Crippen LogP contribution in [0.1, 0.15) is 23.6 Å². The lowest BCUT2D eigenvalue weighted by Crippen LogP contribution is -2.72. The maximum Gasteiger partial charge on any atom is 0.180 e. The second kappa shape index (κ2) is 16.2. The van der Waals surface area contributed by atoms with Crippen LogP contribution in [0.4, 0.5) is 17.1 Å². The molecular formula is C68H48N2Si. The highest BCUT2D eigenvalue weighted by atomic mass is 28.3. The molecule has 0 spiro atoms. The molecule has 0 unspecified atom stereocenters. The minimum absolute atomic E-state index is 0.270. The van der Waals surface area contributed by atoms with Crippen molar-refractivity contribution in [3.63, 3.8) is 0 Å². The van der Waals surface area contributed by atoms with Crippen molar-refractivity contribution in [2.24, 2.45) is 0 Å². The normalized spacial score (nSPS) is 13.6. The summed E-state index contributed by atoms with van der Waals surface area (Å²) in [5.41, 5.74) is 18.3. The molecule has 0 saturated carbocycles. The third-order valence-corrected chi connectivity index (χ3v) is 20.6. The average Bonchev–Trinajstić information content (AvgIpc) is 4.05. The second-order valence-corrected chi connectivity index (χ2v) is 23.1. The molecule has 2 nitrogen and oxygen atoms in total. The van der Waals surface area contributed by atoms with Crippen LogP contribution in [-0.2, 0) is 5.41 Å². The smallest absolute Gasteiger partial charge is 0.180 e. The van der Waals surface area contributed by atoms with Crippen molar-refractivity contribution in [3.8, 4) is 39.1 Å². The molecule has 3 heteroatoms. The quantitative estimate of drug-likeness (QED) is 0.138. The molecule has 0 N–H and O–H groups in total. The molecule has 0 saturated heterocycles. The van der Waals surface area contributed by atoms with Crippen LogP contribution in [0.15, 0.2) is 273 Å². The van der Waals surface area contributed by atoms with Gasteiger partial charge >= 0.3 is 0 Å². The van der Waals surface area contributed by atoms with E-state index in [1.54, 1.807) is 0 Å². The summed E-state index contributed by atoms with van der Waals surface area (Å²) in [5, 5.41) is 8.08. The summed E-state index contributed by atoms with van der Waals surface area (Å²) in [4.78, 5) is 2.48. The van der Waals surface area contributed by atoms with Crippen molar-refractivity contribution in [2.45, 2.75) is 12.3 Å². The van der Waals surface area contributed by atoms with Crippen LogP contribution < -0.4 is 25.6 Å². The van der Waals surface area contributed by atoms with E-state index in [0.29, 0.717) is 0 Å². The van der Waals surface area contributed by atoms with Crippen LogP contribution in [0.5, 0.6) is 0 Å². The van der Waals surface area contributed by atoms with Gasteiger partial charge in [0, 0.05) is 38.9 Å². The van der Waals surface area contributed by atoms with Crippen LogP contribution in [0.25, 0.3) is 60.9 Å². The third-order valence-electron chi connectivity index (χ3n) is 15.7. The lowest BCUT2D eigenvalue weighted by atomic mass is 9.74. The molecule has 0 radical (unpaired) electrons. The molecule has 1 aliphatic heterocycles. The van der Waals surface area contributed by atoms with Crippen LogP contribution in [0.3, 0.4) is 0 Å². The molecule has 1 aliphatic carbocycles. The fourth-order valence-corrected chi connectivity index (χ4v) is 17.8. The summed E-state index contributed by atoms with van der Waals surface area (Å²) in [6.07, 6.45) is 0. The van der Waals surface area contributed by atoms with E-state index >= 15 is 0 Å². The van der Waals surface area contributed by atoms with Crippen molar-refractivity contribution in [3.05, 3.63) is 290 Å². The second-order valence-electron chi connectivity index (χ2n) is 19.3. The van der Waals surface area contributed by atoms with Crippen molar-refractivity contribution >= 4 is 67.7 Å². The minimum Gasteiger partial charge on any atom is -0.310 e. The molecule has 12 aromatic rings. The fraction of sp³-hybridized carbons (Fsp3) is 0.0294. The van der Waals surface area contributed by atoms with Crippen LogP contribution >= 0.6 is 0 Å². The Morgan fingerprint density at radius 3 is 1.59 bits per heavy atom. The molecule has 2 aliphatic rings. The molecule has 71 heavy (non-hydrogen) atoms. The zero-order valence-corrected chi connectivity index (χ0v) is 40.4. The van der Waals surface area contributed by atoms with E-state index in [1.807, 2.05) is 0 Å². The third kappa shape index (κ3) is 6.13. The van der Waals surface area contributed by atoms with E-state index in [2.05, 4.69) is 289 Å². The van der Waals surface area contributed by atoms with E-state index in [9.17, 15) is 0 Å². The number of para-hydroxylation sites is 2. The summed E-state index contributed by atoms with van der Waals surface area (Å²) in [6, 6.07) is 102. The Labute approximate surface area is 416 Å². The van der Waals surface area contributed by atoms with Gasteiger partial charge in [-0.1, -0.05) is 206 Å². The van der Waals surface area contributed by atoms with E-state index in [4.69, 9.17) is 0 Å². The summed E-state index contributed by atoms with van der Waals surface area (Å²) in [5.74, 6) is 0. The van der Waals surface area contributed by atoms with Gasteiger partial charge in [0.2, 0.25) is 0 Å². The van der Waals surface area contributed by atoms with E-state index in [-0.39, 0.29) is 5.41 Å². The Morgan fingerprint density at radius 2 is 0.887 bits per heavy atom. The first-order valence-electron chi connectivity index (χ1n) is 24.8. The highest BCUT2D eigenvalue weighted by molar-refractivity contribution is 7.22. The van der Waals surface area contributed by atoms with Gasteiger partial charge in [-0.15, -0.1) is 0 Å². The number of rotatable bonds is 8. The first-order chi connectivity index (χ1) is 35.1. The topological polar surface area (TPSA) is 8.17 Å². The molecule has 14 rings (SSSR count). The van der Waals surface area contributed by atoms with E-state index in [1.165, 1.54) is 92.6 Å². The number of anilines is 3. The van der Waals surface area contributed by atoms with Gasteiger partial charge < -0.3 is 9.47 Å². The maximum atomic E-state index is 2.50. The van der Waals surface area contributed by atoms with E-state index < -0.39 is 8.07 Å². The van der Waals surface area contributed by atoms with Gasteiger partial charge in [-0.2, -0.15) is 0 Å². The van der Waals surface area contributed by atoms with Crippen molar-refractivity contribution in [2.75, 3.05) is 4.90 Å². The Bertz CT molecular complexity index is 3930. The number of fused-ring (bicyclic) bond motifs is 9. The van der Waals surface area contributed by atoms with Gasteiger partial charge in [0.1, 0.15) is 0 Å². The predicted octanol–water partition coefficient (Wildman–Crippen LogP) is 14.6. The number of aromatic nitrogens is 1. The summed E-state index contributed by atoms with van der Waals surface area (Å²) < 4.78 is 2.40. The van der Waals surface area contributed by atoms with Gasteiger partial charge in [0.15, 0.2) is 8.07 Å². The Morgan fingerprint density at radius 1 is 0.352 bits per heavy atom. The molecule has 0 amide bonds. The Balaban J connectivity index is 0.948. The molecule has 2 heterocycles.